The van der Waals surface area contributed by atoms with Crippen molar-refractivity contribution in [1.82, 2.24) is 13.8 Å². The summed E-state index contributed by atoms with van der Waals surface area (Å²) in [7, 11) is -2.01. The molecule has 1 aromatic carbocycles. The SMILES string of the molecule is COc1ccc(S(=O)(=O)N2CCN(CC(=O)c3cc(C)n(C(C)(C)C)c3C)CC2)cc1C. The molecule has 0 aliphatic carbocycles. The summed E-state index contributed by atoms with van der Waals surface area (Å²) in [5, 5.41) is 0. The molecule has 2 heterocycles. The van der Waals surface area contributed by atoms with Gasteiger partial charge in [-0.3, -0.25) is 9.69 Å². The van der Waals surface area contributed by atoms with E-state index in [1.165, 1.54) is 4.31 Å². The van der Waals surface area contributed by atoms with Crippen LogP contribution in [0.1, 0.15) is 48.1 Å². The number of carbonyl (C=O) groups excluding carboxylic acids is 1. The Balaban J connectivity index is 1.66. The van der Waals surface area contributed by atoms with Crippen molar-refractivity contribution in [2.45, 2.75) is 52.0 Å². The summed E-state index contributed by atoms with van der Waals surface area (Å²) in [6.07, 6.45) is 0. The lowest BCUT2D eigenvalue weighted by Gasteiger charge is -2.33. The van der Waals surface area contributed by atoms with Gasteiger partial charge in [0.1, 0.15) is 5.75 Å². The second-order valence-corrected chi connectivity index (χ2v) is 11.5. The van der Waals surface area contributed by atoms with Crippen LogP contribution in [0.25, 0.3) is 0 Å². The first-order chi connectivity index (χ1) is 14.9. The Kier molecular flexibility index (Phi) is 6.88. The molecule has 0 saturated carbocycles. The summed E-state index contributed by atoms with van der Waals surface area (Å²) in [6.45, 7) is 14.3. The average molecular weight is 462 g/mol. The van der Waals surface area contributed by atoms with Crippen molar-refractivity contribution in [2.24, 2.45) is 0 Å². The number of Topliss-reactive ketones (excluding diaryl/α,β-unsaturated/α-hetero) is 1. The summed E-state index contributed by atoms with van der Waals surface area (Å²) >= 11 is 0. The van der Waals surface area contributed by atoms with Crippen molar-refractivity contribution in [3.05, 3.63) is 46.8 Å². The molecule has 1 aromatic heterocycles. The van der Waals surface area contributed by atoms with Gasteiger partial charge in [-0.2, -0.15) is 4.31 Å². The van der Waals surface area contributed by atoms with E-state index < -0.39 is 10.0 Å². The molecule has 3 rings (SSSR count). The molecule has 0 radical (unpaired) electrons. The van der Waals surface area contributed by atoms with Gasteiger partial charge in [-0.1, -0.05) is 0 Å². The third-order valence-corrected chi connectivity index (χ3v) is 8.00. The van der Waals surface area contributed by atoms with E-state index in [4.69, 9.17) is 4.74 Å². The molecule has 0 N–H and O–H groups in total. The van der Waals surface area contributed by atoms with Crippen LogP contribution in [0, 0.1) is 20.8 Å². The summed E-state index contributed by atoms with van der Waals surface area (Å²) < 4.78 is 35.1. The monoisotopic (exact) mass is 461 g/mol. The molecule has 2 aromatic rings. The number of aryl methyl sites for hydroxylation is 2. The number of ketones is 1. The summed E-state index contributed by atoms with van der Waals surface area (Å²) in [6, 6.07) is 6.89. The number of hydrogen-bond donors (Lipinski definition) is 0. The molecular formula is C24H35N3O4S. The zero-order valence-corrected chi connectivity index (χ0v) is 21.0. The smallest absolute Gasteiger partial charge is 0.243 e. The van der Waals surface area contributed by atoms with Crippen molar-refractivity contribution in [3.8, 4) is 5.75 Å². The standard InChI is InChI=1S/C24H35N3O4S/c1-17-14-20(8-9-23(17)31-7)32(29,30)26-12-10-25(11-13-26)16-22(28)21-15-18(2)27(19(21)3)24(4,5)6/h8-9,14-15H,10-13,16H2,1-7H3. The third kappa shape index (κ3) is 4.77. The van der Waals surface area contributed by atoms with Gasteiger partial charge < -0.3 is 9.30 Å². The average Bonchev–Trinajstić information content (AvgIpc) is 3.02. The predicted molar refractivity (Wildman–Crippen MR) is 126 cm³/mol. The van der Waals surface area contributed by atoms with Crippen molar-refractivity contribution >= 4 is 15.8 Å². The fourth-order valence-corrected chi connectivity index (χ4v) is 6.16. The number of benzene rings is 1. The minimum Gasteiger partial charge on any atom is -0.496 e. The molecule has 0 bridgehead atoms. The van der Waals surface area contributed by atoms with Crippen molar-refractivity contribution < 1.29 is 17.9 Å². The quantitative estimate of drug-likeness (QED) is 0.617. The van der Waals surface area contributed by atoms with Gasteiger partial charge in [-0.25, -0.2) is 8.42 Å². The number of hydrogen-bond acceptors (Lipinski definition) is 5. The lowest BCUT2D eigenvalue weighted by molar-refractivity contribution is 0.0901. The maximum atomic E-state index is 13.1. The highest BCUT2D eigenvalue weighted by atomic mass is 32.2. The van der Waals surface area contributed by atoms with Crippen LogP contribution in [0.2, 0.25) is 0 Å². The lowest BCUT2D eigenvalue weighted by Crippen LogP contribution is -2.49. The van der Waals surface area contributed by atoms with E-state index in [1.807, 2.05) is 31.7 Å². The highest BCUT2D eigenvalue weighted by Gasteiger charge is 2.30. The second kappa shape index (κ2) is 9.00. The highest BCUT2D eigenvalue weighted by molar-refractivity contribution is 7.89. The van der Waals surface area contributed by atoms with Gasteiger partial charge in [0, 0.05) is 48.7 Å². The summed E-state index contributed by atoms with van der Waals surface area (Å²) in [4.78, 5) is 15.3. The highest BCUT2D eigenvalue weighted by Crippen LogP contribution is 2.26. The molecule has 32 heavy (non-hydrogen) atoms. The number of aromatic nitrogens is 1. The van der Waals surface area contributed by atoms with Crippen LogP contribution in [-0.2, 0) is 15.6 Å². The van der Waals surface area contributed by atoms with Crippen LogP contribution in [0.3, 0.4) is 0 Å². The Morgan fingerprint density at radius 2 is 1.66 bits per heavy atom. The molecule has 8 heteroatoms. The topological polar surface area (TPSA) is 71.9 Å². The molecular weight excluding hydrogens is 426 g/mol. The predicted octanol–water partition coefficient (Wildman–Crippen LogP) is 3.37. The molecule has 1 fully saturated rings. The van der Waals surface area contributed by atoms with E-state index in [0.29, 0.717) is 38.5 Å². The van der Waals surface area contributed by atoms with E-state index in [2.05, 4.69) is 25.3 Å². The minimum atomic E-state index is -3.58. The van der Waals surface area contributed by atoms with Crippen LogP contribution < -0.4 is 4.74 Å². The fraction of sp³-hybridized carbons (Fsp3) is 0.542. The van der Waals surface area contributed by atoms with Crippen LogP contribution in [0.4, 0.5) is 0 Å². The van der Waals surface area contributed by atoms with E-state index >= 15 is 0 Å². The molecule has 1 aliphatic rings. The second-order valence-electron chi connectivity index (χ2n) is 9.53. The van der Waals surface area contributed by atoms with E-state index in [-0.39, 0.29) is 16.2 Å². The molecule has 0 amide bonds. The van der Waals surface area contributed by atoms with Crippen LogP contribution in [0.15, 0.2) is 29.2 Å². The summed E-state index contributed by atoms with van der Waals surface area (Å²) in [5.41, 5.74) is 3.50. The van der Waals surface area contributed by atoms with Crippen LogP contribution in [-0.4, -0.2) is 67.8 Å². The minimum absolute atomic E-state index is 0.0793. The van der Waals surface area contributed by atoms with E-state index in [9.17, 15) is 13.2 Å². The number of rotatable bonds is 6. The van der Waals surface area contributed by atoms with Crippen molar-refractivity contribution in [2.75, 3.05) is 39.8 Å². The largest absolute Gasteiger partial charge is 0.496 e. The first-order valence-electron chi connectivity index (χ1n) is 11.0. The Labute approximate surface area is 192 Å². The zero-order valence-electron chi connectivity index (χ0n) is 20.2. The Hall–Kier alpha value is -2.16. The molecule has 0 spiro atoms. The van der Waals surface area contributed by atoms with Crippen LogP contribution >= 0.6 is 0 Å². The Morgan fingerprint density at radius 3 is 2.16 bits per heavy atom. The fourth-order valence-electron chi connectivity index (χ4n) is 4.65. The van der Waals surface area contributed by atoms with Gasteiger partial charge in [-0.15, -0.1) is 0 Å². The molecule has 0 atom stereocenters. The van der Waals surface area contributed by atoms with Gasteiger partial charge >= 0.3 is 0 Å². The van der Waals surface area contributed by atoms with Gasteiger partial charge in [0.05, 0.1) is 18.6 Å². The van der Waals surface area contributed by atoms with E-state index in [1.54, 1.807) is 25.3 Å². The van der Waals surface area contributed by atoms with Crippen molar-refractivity contribution in [1.29, 1.82) is 0 Å². The lowest BCUT2D eigenvalue weighted by atomic mass is 10.1. The van der Waals surface area contributed by atoms with E-state index in [0.717, 1.165) is 22.5 Å². The third-order valence-electron chi connectivity index (χ3n) is 6.10. The maximum absolute atomic E-state index is 13.1. The number of sulfonamides is 1. The first-order valence-corrected chi connectivity index (χ1v) is 12.4. The number of methoxy groups -OCH3 is 1. The van der Waals surface area contributed by atoms with Crippen LogP contribution in [0.5, 0.6) is 5.75 Å². The summed E-state index contributed by atoms with van der Waals surface area (Å²) in [5.74, 6) is 0.744. The van der Waals surface area contributed by atoms with Gasteiger partial charge in [0.25, 0.3) is 0 Å². The zero-order chi connectivity index (χ0) is 23.8. The normalized spacial score (nSPS) is 16.3. The number of ether oxygens (including phenoxy) is 1. The van der Waals surface area contributed by atoms with Crippen molar-refractivity contribution in [3.63, 3.8) is 0 Å². The van der Waals surface area contributed by atoms with Gasteiger partial charge in [0.15, 0.2) is 5.78 Å². The number of nitrogens with zero attached hydrogens (tertiary/aromatic N) is 3. The molecule has 1 saturated heterocycles. The van der Waals surface area contributed by atoms with Gasteiger partial charge in [0.2, 0.25) is 10.0 Å². The molecule has 1 aliphatic heterocycles. The molecule has 176 valence electrons. The maximum Gasteiger partial charge on any atom is 0.243 e. The number of piperazine rings is 1. The Bertz CT molecular complexity index is 1100. The van der Waals surface area contributed by atoms with Gasteiger partial charge in [-0.05, 0) is 71.4 Å². The Morgan fingerprint density at radius 1 is 1.03 bits per heavy atom. The number of carbonyl (C=O) groups is 1. The molecule has 0 unspecified atom stereocenters. The first kappa shape index (κ1) is 24.5. The molecule has 7 nitrogen and oxygen atoms in total.